The smallest absolute Gasteiger partial charge is 0.342 e. The van der Waals surface area contributed by atoms with Gasteiger partial charge in [0, 0.05) is 17.0 Å². The molecule has 6 nitrogen and oxygen atoms in total. The van der Waals surface area contributed by atoms with Crippen molar-refractivity contribution in [3.8, 4) is 0 Å². The van der Waals surface area contributed by atoms with Crippen molar-refractivity contribution in [2.45, 2.75) is 34.6 Å². The lowest BCUT2D eigenvalue weighted by Gasteiger charge is -2.09. The quantitative estimate of drug-likeness (QED) is 0.499. The Balaban J connectivity index is 2.17. The van der Waals surface area contributed by atoms with Crippen LogP contribution in [0.2, 0.25) is 5.15 Å². The second-order valence-corrected chi connectivity index (χ2v) is 6.28. The number of halogens is 1. The number of ketones is 2. The highest BCUT2D eigenvalue weighted by Crippen LogP contribution is 2.21. The number of aryl methyl sites for hydroxylation is 3. The Morgan fingerprint density at radius 1 is 1.16 bits per heavy atom. The van der Waals surface area contributed by atoms with Gasteiger partial charge in [-0.1, -0.05) is 11.6 Å². The molecule has 0 aliphatic rings. The molecule has 0 aliphatic carbocycles. The maximum Gasteiger partial charge on any atom is 0.342 e. The average Bonchev–Trinajstić information content (AvgIpc) is 2.78. The van der Waals surface area contributed by atoms with E-state index in [-0.39, 0.29) is 22.2 Å². The van der Waals surface area contributed by atoms with Crippen LogP contribution in [0.5, 0.6) is 0 Å². The number of aromatic amines is 1. The number of carbonyl (C=O) groups excluding carboxylic acids is 3. The van der Waals surface area contributed by atoms with Gasteiger partial charge in [0.2, 0.25) is 5.78 Å². The maximum absolute atomic E-state index is 12.3. The number of hydrogen-bond donors (Lipinski definition) is 1. The standard InChI is InChI=1S/C18H19ClN2O4/c1-8-6-9(2)20-17(19)14(8)18(24)25-7-13(23)16-10(3)15(12(5)22)11(4)21-16/h6,21H,7H2,1-5H3. The summed E-state index contributed by atoms with van der Waals surface area (Å²) >= 11 is 6.01. The first kappa shape index (κ1) is 18.9. The van der Waals surface area contributed by atoms with E-state index in [1.807, 2.05) is 0 Å². The number of Topliss-reactive ketones (excluding diaryl/α,β-unsaturated/α-hetero) is 2. The summed E-state index contributed by atoms with van der Waals surface area (Å²) in [6.45, 7) is 7.86. The molecule has 1 N–H and O–H groups in total. The predicted octanol–water partition coefficient (Wildman–Crippen LogP) is 3.54. The van der Waals surface area contributed by atoms with Crippen molar-refractivity contribution < 1.29 is 19.1 Å². The van der Waals surface area contributed by atoms with Crippen LogP contribution in [0.15, 0.2) is 6.07 Å². The van der Waals surface area contributed by atoms with Crippen molar-refractivity contribution in [1.82, 2.24) is 9.97 Å². The van der Waals surface area contributed by atoms with E-state index in [9.17, 15) is 14.4 Å². The molecule has 0 bridgehead atoms. The number of pyridine rings is 1. The molecule has 2 aromatic heterocycles. The zero-order valence-electron chi connectivity index (χ0n) is 14.7. The molecule has 0 fully saturated rings. The molecule has 132 valence electrons. The van der Waals surface area contributed by atoms with Crippen LogP contribution in [0.1, 0.15) is 60.6 Å². The Hall–Kier alpha value is -2.47. The van der Waals surface area contributed by atoms with Crippen LogP contribution in [-0.2, 0) is 4.74 Å². The lowest BCUT2D eigenvalue weighted by molar-refractivity contribution is 0.0472. The first-order chi connectivity index (χ1) is 11.6. The highest BCUT2D eigenvalue weighted by Gasteiger charge is 2.22. The van der Waals surface area contributed by atoms with Crippen molar-refractivity contribution in [1.29, 1.82) is 0 Å². The van der Waals surface area contributed by atoms with Gasteiger partial charge in [-0.3, -0.25) is 9.59 Å². The second-order valence-electron chi connectivity index (χ2n) is 5.93. The minimum atomic E-state index is -0.712. The number of nitrogens with zero attached hydrogens (tertiary/aromatic N) is 1. The summed E-state index contributed by atoms with van der Waals surface area (Å²) in [5, 5.41) is 0.0423. The molecule has 0 aliphatic heterocycles. The van der Waals surface area contributed by atoms with Crippen molar-refractivity contribution in [2.75, 3.05) is 6.61 Å². The second kappa shape index (κ2) is 7.19. The fourth-order valence-electron chi connectivity index (χ4n) is 2.87. The van der Waals surface area contributed by atoms with Crippen molar-refractivity contribution in [3.63, 3.8) is 0 Å². The van der Waals surface area contributed by atoms with Crippen LogP contribution >= 0.6 is 11.6 Å². The number of carbonyl (C=O) groups is 3. The normalized spacial score (nSPS) is 10.6. The van der Waals surface area contributed by atoms with Crippen molar-refractivity contribution >= 4 is 29.1 Å². The Bertz CT molecular complexity index is 860. The van der Waals surface area contributed by atoms with Gasteiger partial charge >= 0.3 is 5.97 Å². The average molecular weight is 363 g/mol. The van der Waals surface area contributed by atoms with E-state index in [1.165, 1.54) is 6.92 Å². The Labute approximate surface area is 150 Å². The van der Waals surface area contributed by atoms with Gasteiger partial charge in [0.15, 0.2) is 12.4 Å². The van der Waals surface area contributed by atoms with Gasteiger partial charge in [0.05, 0.1) is 11.3 Å². The molecule has 0 saturated heterocycles. The zero-order valence-corrected chi connectivity index (χ0v) is 15.5. The first-order valence-corrected chi connectivity index (χ1v) is 8.05. The molecule has 0 atom stereocenters. The molecule has 0 aromatic carbocycles. The molecule has 2 rings (SSSR count). The monoisotopic (exact) mass is 362 g/mol. The fourth-order valence-corrected chi connectivity index (χ4v) is 3.23. The van der Waals surface area contributed by atoms with Crippen LogP contribution in [0, 0.1) is 27.7 Å². The molecule has 0 spiro atoms. The Morgan fingerprint density at radius 2 is 1.80 bits per heavy atom. The van der Waals surface area contributed by atoms with E-state index >= 15 is 0 Å². The van der Waals surface area contributed by atoms with Gasteiger partial charge in [-0.05, 0) is 51.8 Å². The molecule has 25 heavy (non-hydrogen) atoms. The summed E-state index contributed by atoms with van der Waals surface area (Å²) in [6, 6.07) is 1.71. The van der Waals surface area contributed by atoms with E-state index in [0.717, 1.165) is 0 Å². The lowest BCUT2D eigenvalue weighted by Crippen LogP contribution is -2.17. The fraction of sp³-hybridized carbons (Fsp3) is 0.333. The largest absolute Gasteiger partial charge is 0.454 e. The zero-order chi connectivity index (χ0) is 18.9. The van der Waals surface area contributed by atoms with E-state index in [4.69, 9.17) is 16.3 Å². The van der Waals surface area contributed by atoms with Gasteiger partial charge in [-0.15, -0.1) is 0 Å². The van der Waals surface area contributed by atoms with Crippen LogP contribution < -0.4 is 0 Å². The molecule has 2 aromatic rings. The summed E-state index contributed by atoms with van der Waals surface area (Å²) in [5.74, 6) is -1.26. The van der Waals surface area contributed by atoms with Gasteiger partial charge < -0.3 is 9.72 Å². The third-order valence-corrected chi connectivity index (χ3v) is 4.18. The summed E-state index contributed by atoms with van der Waals surface area (Å²) in [4.78, 5) is 43.1. The molecule has 0 radical (unpaired) electrons. The molecule has 2 heterocycles. The highest BCUT2D eigenvalue weighted by atomic mass is 35.5. The van der Waals surface area contributed by atoms with Crippen LogP contribution in [-0.4, -0.2) is 34.1 Å². The number of rotatable bonds is 5. The minimum Gasteiger partial charge on any atom is -0.454 e. The molecular formula is C18H19ClN2O4. The summed E-state index contributed by atoms with van der Waals surface area (Å²) in [7, 11) is 0. The molecule has 0 unspecified atom stereocenters. The van der Waals surface area contributed by atoms with Crippen LogP contribution in [0.3, 0.4) is 0 Å². The number of hydrogen-bond acceptors (Lipinski definition) is 5. The van der Waals surface area contributed by atoms with E-state index in [0.29, 0.717) is 28.1 Å². The maximum atomic E-state index is 12.3. The topological polar surface area (TPSA) is 89.1 Å². The van der Waals surface area contributed by atoms with E-state index in [1.54, 1.807) is 33.8 Å². The van der Waals surface area contributed by atoms with Gasteiger partial charge in [0.25, 0.3) is 0 Å². The third kappa shape index (κ3) is 3.79. The Kier molecular flexibility index (Phi) is 5.42. The minimum absolute atomic E-state index is 0.0423. The third-order valence-electron chi connectivity index (χ3n) is 3.91. The number of esters is 1. The highest BCUT2D eigenvalue weighted by molar-refractivity contribution is 6.32. The van der Waals surface area contributed by atoms with E-state index in [2.05, 4.69) is 9.97 Å². The summed E-state index contributed by atoms with van der Waals surface area (Å²) in [6.07, 6.45) is 0. The lowest BCUT2D eigenvalue weighted by atomic mass is 10.1. The van der Waals surface area contributed by atoms with Gasteiger partial charge in [-0.2, -0.15) is 0 Å². The van der Waals surface area contributed by atoms with Crippen molar-refractivity contribution in [3.05, 3.63) is 50.6 Å². The number of ether oxygens (including phenoxy) is 1. The summed E-state index contributed by atoms with van der Waals surface area (Å²) in [5.41, 5.74) is 3.36. The molecule has 0 saturated carbocycles. The Morgan fingerprint density at radius 3 is 2.32 bits per heavy atom. The van der Waals surface area contributed by atoms with Gasteiger partial charge in [0.1, 0.15) is 5.15 Å². The van der Waals surface area contributed by atoms with Crippen LogP contribution in [0.4, 0.5) is 0 Å². The first-order valence-electron chi connectivity index (χ1n) is 7.67. The number of H-pyrrole nitrogens is 1. The SMILES string of the molecule is CC(=O)c1c(C)[nH]c(C(=O)COC(=O)c2c(C)cc(C)nc2Cl)c1C. The van der Waals surface area contributed by atoms with Crippen molar-refractivity contribution in [2.24, 2.45) is 0 Å². The van der Waals surface area contributed by atoms with Crippen LogP contribution in [0.25, 0.3) is 0 Å². The van der Waals surface area contributed by atoms with Gasteiger partial charge in [-0.25, -0.2) is 9.78 Å². The molecule has 0 amide bonds. The number of aromatic nitrogens is 2. The number of nitrogens with one attached hydrogen (secondary N) is 1. The molecule has 7 heteroatoms. The predicted molar refractivity (Wildman–Crippen MR) is 93.6 cm³/mol. The molecular weight excluding hydrogens is 344 g/mol. The summed E-state index contributed by atoms with van der Waals surface area (Å²) < 4.78 is 5.09. The van der Waals surface area contributed by atoms with E-state index < -0.39 is 18.4 Å².